The van der Waals surface area contributed by atoms with Crippen molar-refractivity contribution in [1.82, 2.24) is 15.0 Å². The molecule has 1 aromatic carbocycles. The summed E-state index contributed by atoms with van der Waals surface area (Å²) in [6.07, 6.45) is 0. The molecule has 0 radical (unpaired) electrons. The highest BCUT2D eigenvalue weighted by atomic mass is 32.1. The Hall–Kier alpha value is -2.82. The highest BCUT2D eigenvalue weighted by molar-refractivity contribution is 7.22. The molecular formula is C22H28N6O3S. The highest BCUT2D eigenvalue weighted by Crippen LogP contribution is 2.29. The summed E-state index contributed by atoms with van der Waals surface area (Å²) in [7, 11) is 3.58. The van der Waals surface area contributed by atoms with Crippen LogP contribution < -0.4 is 15.1 Å². The van der Waals surface area contributed by atoms with Gasteiger partial charge in [0.25, 0.3) is 5.91 Å². The van der Waals surface area contributed by atoms with Crippen molar-refractivity contribution < 1.29 is 14.3 Å². The number of fused-ring (bicyclic) bond motifs is 1. The summed E-state index contributed by atoms with van der Waals surface area (Å²) in [4.78, 5) is 31.0. The second-order valence-electron chi connectivity index (χ2n) is 7.80. The fraction of sp³-hybridized carbons (Fsp3) is 0.455. The van der Waals surface area contributed by atoms with Crippen molar-refractivity contribution in [3.8, 4) is 0 Å². The molecule has 3 heterocycles. The van der Waals surface area contributed by atoms with Crippen LogP contribution in [-0.2, 0) is 9.47 Å². The number of hydrogen-bond donors (Lipinski definition) is 1. The molecule has 0 aliphatic carbocycles. The lowest BCUT2D eigenvalue weighted by atomic mass is 10.1. The normalized spacial score (nSPS) is 14.1. The standard InChI is InChI=1S/C22H28N6O3S/c1-14-11-16-18(12-15(14)2)32-22(24-16)26-20(29)17-13-19(27(3)5-8-30-4)25-21(23-17)28-6-9-31-10-7-28/h11-13H,5-10H2,1-4H3,(H,24,26,29). The molecule has 1 aliphatic rings. The summed E-state index contributed by atoms with van der Waals surface area (Å²) in [5.74, 6) is 0.880. The molecule has 0 spiro atoms. The number of anilines is 3. The Balaban J connectivity index is 1.62. The minimum atomic E-state index is -0.309. The SMILES string of the molecule is COCCN(C)c1cc(C(=O)Nc2nc3cc(C)c(C)cc3s2)nc(N2CCOCC2)n1. The molecule has 10 heteroatoms. The van der Waals surface area contributed by atoms with E-state index < -0.39 is 0 Å². The fourth-order valence-corrected chi connectivity index (χ4v) is 4.32. The quantitative estimate of drug-likeness (QED) is 0.580. The molecule has 4 rings (SSSR count). The van der Waals surface area contributed by atoms with E-state index in [0.717, 1.165) is 10.2 Å². The number of rotatable bonds is 7. The molecule has 3 aromatic rings. The number of hydrogen-bond acceptors (Lipinski definition) is 9. The molecule has 1 aliphatic heterocycles. The van der Waals surface area contributed by atoms with Gasteiger partial charge in [-0.1, -0.05) is 11.3 Å². The Labute approximate surface area is 191 Å². The molecule has 0 unspecified atom stereocenters. The van der Waals surface area contributed by atoms with E-state index in [9.17, 15) is 4.79 Å². The average molecular weight is 457 g/mol. The minimum Gasteiger partial charge on any atom is -0.383 e. The van der Waals surface area contributed by atoms with Crippen LogP contribution in [-0.4, -0.2) is 74.5 Å². The molecule has 9 nitrogen and oxygen atoms in total. The number of amides is 1. The van der Waals surface area contributed by atoms with Crippen LogP contribution in [0.1, 0.15) is 21.6 Å². The van der Waals surface area contributed by atoms with Gasteiger partial charge in [-0.25, -0.2) is 9.97 Å². The first kappa shape index (κ1) is 22.4. The fourth-order valence-electron chi connectivity index (χ4n) is 3.38. The van der Waals surface area contributed by atoms with Crippen LogP contribution in [0, 0.1) is 13.8 Å². The van der Waals surface area contributed by atoms with Crippen LogP contribution in [0.4, 0.5) is 16.9 Å². The summed E-state index contributed by atoms with van der Waals surface area (Å²) >= 11 is 1.46. The maximum absolute atomic E-state index is 13.1. The third-order valence-electron chi connectivity index (χ3n) is 5.47. The number of likely N-dealkylation sites (N-methyl/N-ethyl adjacent to an activating group) is 1. The zero-order valence-electron chi connectivity index (χ0n) is 18.8. The van der Waals surface area contributed by atoms with Gasteiger partial charge in [-0.05, 0) is 37.1 Å². The third kappa shape index (κ3) is 4.98. The van der Waals surface area contributed by atoms with E-state index in [2.05, 4.69) is 35.2 Å². The number of ether oxygens (including phenoxy) is 2. The molecule has 0 bridgehead atoms. The van der Waals surface area contributed by atoms with Crippen LogP contribution >= 0.6 is 11.3 Å². The van der Waals surface area contributed by atoms with Gasteiger partial charge in [-0.3, -0.25) is 10.1 Å². The van der Waals surface area contributed by atoms with E-state index in [1.54, 1.807) is 13.2 Å². The maximum atomic E-state index is 13.1. The smallest absolute Gasteiger partial charge is 0.276 e. The topological polar surface area (TPSA) is 92.7 Å². The van der Waals surface area contributed by atoms with Gasteiger partial charge in [-0.15, -0.1) is 0 Å². The molecule has 170 valence electrons. The number of aryl methyl sites for hydroxylation is 2. The molecule has 0 atom stereocenters. The van der Waals surface area contributed by atoms with Crippen LogP contribution in [0.2, 0.25) is 0 Å². The number of nitrogens with one attached hydrogen (secondary N) is 1. The lowest BCUT2D eigenvalue weighted by molar-refractivity contribution is 0.102. The Kier molecular flexibility index (Phi) is 6.83. The van der Waals surface area contributed by atoms with Gasteiger partial charge in [0.05, 0.1) is 30.0 Å². The van der Waals surface area contributed by atoms with Crippen LogP contribution in [0.15, 0.2) is 18.2 Å². The van der Waals surface area contributed by atoms with E-state index in [4.69, 9.17) is 14.5 Å². The Morgan fingerprint density at radius 1 is 1.19 bits per heavy atom. The van der Waals surface area contributed by atoms with Crippen molar-refractivity contribution >= 4 is 44.4 Å². The number of nitrogens with zero attached hydrogens (tertiary/aromatic N) is 5. The second kappa shape index (κ2) is 9.76. The summed E-state index contributed by atoms with van der Waals surface area (Å²) in [6, 6.07) is 5.85. The van der Waals surface area contributed by atoms with Crippen molar-refractivity contribution in [1.29, 1.82) is 0 Å². The van der Waals surface area contributed by atoms with E-state index in [0.29, 0.717) is 62.0 Å². The van der Waals surface area contributed by atoms with Gasteiger partial charge in [0, 0.05) is 39.9 Å². The van der Waals surface area contributed by atoms with Crippen molar-refractivity contribution in [2.45, 2.75) is 13.8 Å². The van der Waals surface area contributed by atoms with Gasteiger partial charge in [0.2, 0.25) is 5.95 Å². The maximum Gasteiger partial charge on any atom is 0.276 e. The molecule has 32 heavy (non-hydrogen) atoms. The summed E-state index contributed by atoms with van der Waals surface area (Å²) in [5.41, 5.74) is 3.56. The largest absolute Gasteiger partial charge is 0.383 e. The van der Waals surface area contributed by atoms with Crippen molar-refractivity contribution in [3.05, 3.63) is 35.0 Å². The molecule has 1 saturated heterocycles. The predicted octanol–water partition coefficient (Wildman–Crippen LogP) is 2.87. The Morgan fingerprint density at radius 2 is 1.94 bits per heavy atom. The molecule has 1 fully saturated rings. The van der Waals surface area contributed by atoms with Crippen molar-refractivity contribution in [3.63, 3.8) is 0 Å². The third-order valence-corrected chi connectivity index (χ3v) is 6.41. The molecule has 1 N–H and O–H groups in total. The van der Waals surface area contributed by atoms with Crippen molar-refractivity contribution in [2.75, 3.05) is 68.7 Å². The first-order chi connectivity index (χ1) is 15.4. The van der Waals surface area contributed by atoms with E-state index in [-0.39, 0.29) is 5.91 Å². The highest BCUT2D eigenvalue weighted by Gasteiger charge is 2.20. The zero-order chi connectivity index (χ0) is 22.7. The minimum absolute atomic E-state index is 0.298. The summed E-state index contributed by atoms with van der Waals surface area (Å²) < 4.78 is 11.7. The van der Waals surface area contributed by atoms with E-state index >= 15 is 0 Å². The van der Waals surface area contributed by atoms with Gasteiger partial charge in [0.15, 0.2) is 5.13 Å². The number of carbonyl (C=O) groups excluding carboxylic acids is 1. The lowest BCUT2D eigenvalue weighted by Gasteiger charge is -2.28. The predicted molar refractivity (Wildman–Crippen MR) is 127 cm³/mol. The number of thiazole rings is 1. The van der Waals surface area contributed by atoms with Gasteiger partial charge < -0.3 is 19.3 Å². The molecule has 2 aromatic heterocycles. The van der Waals surface area contributed by atoms with E-state index in [1.807, 2.05) is 22.9 Å². The summed E-state index contributed by atoms with van der Waals surface area (Å²) in [5, 5.41) is 3.47. The van der Waals surface area contributed by atoms with Crippen LogP contribution in [0.5, 0.6) is 0 Å². The van der Waals surface area contributed by atoms with E-state index in [1.165, 1.54) is 22.5 Å². The number of carbonyl (C=O) groups is 1. The van der Waals surface area contributed by atoms with Gasteiger partial charge >= 0.3 is 0 Å². The monoisotopic (exact) mass is 456 g/mol. The molecular weight excluding hydrogens is 428 g/mol. The van der Waals surface area contributed by atoms with Crippen LogP contribution in [0.3, 0.4) is 0 Å². The lowest BCUT2D eigenvalue weighted by Crippen LogP contribution is -2.38. The number of methoxy groups -OCH3 is 1. The van der Waals surface area contributed by atoms with Gasteiger partial charge in [-0.2, -0.15) is 4.98 Å². The molecule has 0 saturated carbocycles. The first-order valence-electron chi connectivity index (χ1n) is 10.6. The second-order valence-corrected chi connectivity index (χ2v) is 8.83. The first-order valence-corrected chi connectivity index (χ1v) is 11.4. The zero-order valence-corrected chi connectivity index (χ0v) is 19.7. The average Bonchev–Trinajstić information content (AvgIpc) is 3.18. The number of benzene rings is 1. The number of morpholine rings is 1. The number of aromatic nitrogens is 3. The Morgan fingerprint density at radius 3 is 2.69 bits per heavy atom. The summed E-state index contributed by atoms with van der Waals surface area (Å²) in [6.45, 7) is 7.92. The van der Waals surface area contributed by atoms with Crippen LogP contribution in [0.25, 0.3) is 10.2 Å². The molecule has 1 amide bonds. The Bertz CT molecular complexity index is 1070. The van der Waals surface area contributed by atoms with Gasteiger partial charge in [0.1, 0.15) is 11.5 Å². The van der Waals surface area contributed by atoms with Crippen molar-refractivity contribution in [2.24, 2.45) is 0 Å².